The smallest absolute Gasteiger partial charge is 0.322 e. The molecule has 0 amide bonds. The molecule has 0 unspecified atom stereocenters. The molecule has 0 aliphatic heterocycles. The molecule has 0 N–H and O–H groups in total. The van der Waals surface area contributed by atoms with Gasteiger partial charge in [-0.1, -0.05) is 11.6 Å². The van der Waals surface area contributed by atoms with Crippen LogP contribution in [0, 0.1) is 24.0 Å². The number of benzene rings is 1. The van der Waals surface area contributed by atoms with Gasteiger partial charge in [-0.25, -0.2) is 9.97 Å². The van der Waals surface area contributed by atoms with Gasteiger partial charge in [0.15, 0.2) is 0 Å². The van der Waals surface area contributed by atoms with Crippen LogP contribution in [0.2, 0.25) is 5.02 Å². The highest BCUT2D eigenvalue weighted by molar-refractivity contribution is 6.32. The maximum Gasteiger partial charge on any atom is 0.322 e. The largest absolute Gasteiger partial charge is 0.424 e. The molecule has 7 heteroatoms. The molecule has 0 atom stereocenters. The third-order valence-corrected chi connectivity index (χ3v) is 2.72. The fourth-order valence-corrected chi connectivity index (χ4v) is 1.75. The zero-order valence-electron chi connectivity index (χ0n) is 10.3. The zero-order valence-corrected chi connectivity index (χ0v) is 11.0. The Labute approximate surface area is 114 Å². The van der Waals surface area contributed by atoms with Crippen molar-refractivity contribution in [1.82, 2.24) is 9.97 Å². The molecule has 0 saturated carbocycles. The van der Waals surface area contributed by atoms with Crippen LogP contribution in [0.4, 0.5) is 5.69 Å². The molecule has 98 valence electrons. The fourth-order valence-electron chi connectivity index (χ4n) is 1.47. The molecular formula is C12H10ClN3O3. The Kier molecular flexibility index (Phi) is 3.62. The summed E-state index contributed by atoms with van der Waals surface area (Å²) in [5.41, 5.74) is 1.20. The van der Waals surface area contributed by atoms with E-state index < -0.39 is 4.92 Å². The van der Waals surface area contributed by atoms with E-state index in [2.05, 4.69) is 9.97 Å². The molecule has 1 aromatic heterocycles. The van der Waals surface area contributed by atoms with E-state index in [1.807, 2.05) is 0 Å². The number of aromatic nitrogens is 2. The predicted octanol–water partition coefficient (Wildman–Crippen LogP) is 3.45. The zero-order chi connectivity index (χ0) is 14.0. The minimum atomic E-state index is -0.564. The van der Waals surface area contributed by atoms with Crippen molar-refractivity contribution in [1.29, 1.82) is 0 Å². The predicted molar refractivity (Wildman–Crippen MR) is 69.7 cm³/mol. The van der Waals surface area contributed by atoms with E-state index in [0.29, 0.717) is 11.3 Å². The summed E-state index contributed by atoms with van der Waals surface area (Å²) in [6.45, 7) is 3.53. The molecular weight excluding hydrogens is 270 g/mol. The molecule has 0 fully saturated rings. The van der Waals surface area contributed by atoms with Crippen LogP contribution in [0.1, 0.15) is 11.3 Å². The van der Waals surface area contributed by atoms with Crippen LogP contribution in [0.15, 0.2) is 24.4 Å². The molecule has 0 radical (unpaired) electrons. The molecule has 1 aromatic carbocycles. The van der Waals surface area contributed by atoms with Crippen LogP contribution in [-0.4, -0.2) is 14.9 Å². The average molecular weight is 280 g/mol. The first-order chi connectivity index (χ1) is 8.97. The number of nitrogens with zero attached hydrogens (tertiary/aromatic N) is 3. The van der Waals surface area contributed by atoms with Crippen LogP contribution in [0.5, 0.6) is 11.8 Å². The first-order valence-corrected chi connectivity index (χ1v) is 5.77. The average Bonchev–Trinajstić information content (AvgIpc) is 2.32. The molecule has 2 rings (SSSR count). The standard InChI is InChI=1S/C12H10ClN3O3/c1-7-5-9(13)10(16(17)18)6-11(7)19-12-14-4-3-8(2)15-12/h3-6H,1-2H3. The van der Waals surface area contributed by atoms with Gasteiger partial charge in [0.1, 0.15) is 10.8 Å². The summed E-state index contributed by atoms with van der Waals surface area (Å²) >= 11 is 5.80. The number of nitro groups is 1. The van der Waals surface area contributed by atoms with Crippen LogP contribution >= 0.6 is 11.6 Å². The van der Waals surface area contributed by atoms with Crippen molar-refractivity contribution in [2.75, 3.05) is 0 Å². The van der Waals surface area contributed by atoms with Crippen LogP contribution < -0.4 is 4.74 Å². The van der Waals surface area contributed by atoms with Gasteiger partial charge in [-0.05, 0) is 31.5 Å². The van der Waals surface area contributed by atoms with Gasteiger partial charge >= 0.3 is 6.01 Å². The minimum Gasteiger partial charge on any atom is -0.424 e. The SMILES string of the molecule is Cc1ccnc(Oc2cc([N+](=O)[O-])c(Cl)cc2C)n1. The Morgan fingerprint density at radius 1 is 1.37 bits per heavy atom. The highest BCUT2D eigenvalue weighted by Gasteiger charge is 2.17. The molecule has 0 bridgehead atoms. The third kappa shape index (κ3) is 2.97. The van der Waals surface area contributed by atoms with Gasteiger partial charge in [0, 0.05) is 11.9 Å². The highest BCUT2D eigenvalue weighted by atomic mass is 35.5. The second kappa shape index (κ2) is 5.19. The fraction of sp³-hybridized carbons (Fsp3) is 0.167. The van der Waals surface area contributed by atoms with Crippen LogP contribution in [-0.2, 0) is 0 Å². The molecule has 19 heavy (non-hydrogen) atoms. The van der Waals surface area contributed by atoms with Crippen molar-refractivity contribution < 1.29 is 9.66 Å². The van der Waals surface area contributed by atoms with E-state index in [-0.39, 0.29) is 16.7 Å². The molecule has 0 aliphatic rings. The lowest BCUT2D eigenvalue weighted by atomic mass is 10.2. The maximum atomic E-state index is 10.8. The number of hydrogen-bond donors (Lipinski definition) is 0. The van der Waals surface area contributed by atoms with Crippen molar-refractivity contribution in [3.05, 3.63) is 50.8 Å². The van der Waals surface area contributed by atoms with Crippen LogP contribution in [0.3, 0.4) is 0 Å². The van der Waals surface area contributed by atoms with Gasteiger partial charge < -0.3 is 4.74 Å². The minimum absolute atomic E-state index is 0.0695. The van der Waals surface area contributed by atoms with E-state index in [9.17, 15) is 10.1 Å². The van der Waals surface area contributed by atoms with Gasteiger partial charge in [-0.2, -0.15) is 0 Å². The molecule has 0 spiro atoms. The maximum absolute atomic E-state index is 10.8. The van der Waals surface area contributed by atoms with E-state index in [4.69, 9.17) is 16.3 Å². The summed E-state index contributed by atoms with van der Waals surface area (Å²) < 4.78 is 5.45. The lowest BCUT2D eigenvalue weighted by Crippen LogP contribution is -1.96. The summed E-state index contributed by atoms with van der Waals surface area (Å²) in [7, 11) is 0. The van der Waals surface area contributed by atoms with Gasteiger partial charge in [0.25, 0.3) is 5.69 Å². The Bertz CT molecular complexity index is 646. The second-order valence-electron chi connectivity index (χ2n) is 3.91. The lowest BCUT2D eigenvalue weighted by molar-refractivity contribution is -0.384. The summed E-state index contributed by atoms with van der Waals surface area (Å²) in [6.07, 6.45) is 1.55. The van der Waals surface area contributed by atoms with Crippen molar-refractivity contribution in [3.8, 4) is 11.8 Å². The molecule has 6 nitrogen and oxygen atoms in total. The van der Waals surface area contributed by atoms with E-state index in [0.717, 1.165) is 5.69 Å². The Balaban J connectivity index is 2.40. The van der Waals surface area contributed by atoms with Gasteiger partial charge in [-0.15, -0.1) is 0 Å². The molecule has 2 aromatic rings. The summed E-state index contributed by atoms with van der Waals surface area (Å²) in [5.74, 6) is 0.307. The summed E-state index contributed by atoms with van der Waals surface area (Å²) in [6, 6.07) is 4.61. The van der Waals surface area contributed by atoms with E-state index >= 15 is 0 Å². The third-order valence-electron chi connectivity index (χ3n) is 2.42. The number of hydrogen-bond acceptors (Lipinski definition) is 5. The van der Waals surface area contributed by atoms with Crippen molar-refractivity contribution in [3.63, 3.8) is 0 Å². The quantitative estimate of drug-likeness (QED) is 0.635. The van der Waals surface area contributed by atoms with Crippen molar-refractivity contribution >= 4 is 17.3 Å². The van der Waals surface area contributed by atoms with Crippen LogP contribution in [0.25, 0.3) is 0 Å². The van der Waals surface area contributed by atoms with E-state index in [1.54, 1.807) is 26.1 Å². The number of rotatable bonds is 3. The number of halogens is 1. The summed E-state index contributed by atoms with van der Waals surface area (Å²) in [4.78, 5) is 18.3. The Morgan fingerprint density at radius 3 is 2.74 bits per heavy atom. The number of ether oxygens (including phenoxy) is 1. The Hall–Kier alpha value is -2.21. The van der Waals surface area contributed by atoms with Gasteiger partial charge in [0.2, 0.25) is 0 Å². The first-order valence-electron chi connectivity index (χ1n) is 5.39. The van der Waals surface area contributed by atoms with E-state index in [1.165, 1.54) is 12.1 Å². The second-order valence-corrected chi connectivity index (χ2v) is 4.32. The number of aryl methyl sites for hydroxylation is 2. The molecule has 1 heterocycles. The molecule has 0 saturated heterocycles. The van der Waals surface area contributed by atoms with Crippen molar-refractivity contribution in [2.45, 2.75) is 13.8 Å². The number of nitro benzene ring substituents is 1. The lowest BCUT2D eigenvalue weighted by Gasteiger charge is -2.07. The topological polar surface area (TPSA) is 78.2 Å². The normalized spacial score (nSPS) is 10.3. The van der Waals surface area contributed by atoms with Gasteiger partial charge in [-0.3, -0.25) is 10.1 Å². The Morgan fingerprint density at radius 2 is 2.11 bits per heavy atom. The van der Waals surface area contributed by atoms with Crippen molar-refractivity contribution in [2.24, 2.45) is 0 Å². The summed E-state index contributed by atoms with van der Waals surface area (Å²) in [5, 5.41) is 10.9. The highest BCUT2D eigenvalue weighted by Crippen LogP contribution is 2.33. The molecule has 0 aliphatic carbocycles. The first kappa shape index (κ1) is 13.2. The monoisotopic (exact) mass is 279 g/mol. The van der Waals surface area contributed by atoms with Gasteiger partial charge in [0.05, 0.1) is 11.0 Å².